The van der Waals surface area contributed by atoms with Crippen LogP contribution in [0.5, 0.6) is 0 Å². The molecule has 0 atom stereocenters. The van der Waals surface area contributed by atoms with Crippen LogP contribution in [0.1, 0.15) is 35.7 Å². The van der Waals surface area contributed by atoms with Crippen LogP contribution in [0, 0.1) is 0 Å². The van der Waals surface area contributed by atoms with E-state index in [1.165, 1.54) is 5.56 Å². The van der Waals surface area contributed by atoms with Gasteiger partial charge in [-0.25, -0.2) is 0 Å². The minimum Gasteiger partial charge on any atom is -0.378 e. The molecule has 0 fully saturated rings. The fourth-order valence-electron chi connectivity index (χ4n) is 2.07. The molecule has 0 aromatic heterocycles. The van der Waals surface area contributed by atoms with E-state index in [2.05, 4.69) is 31.3 Å². The van der Waals surface area contributed by atoms with Crippen LogP contribution < -0.4 is 10.2 Å². The number of nitrogens with one attached hydrogen (secondary N) is 1. The van der Waals surface area contributed by atoms with Gasteiger partial charge in [0.05, 0.1) is 0 Å². The quantitative estimate of drug-likeness (QED) is 0.914. The van der Waals surface area contributed by atoms with Crippen molar-refractivity contribution in [1.82, 2.24) is 0 Å². The predicted molar refractivity (Wildman–Crippen MR) is 89.3 cm³/mol. The summed E-state index contributed by atoms with van der Waals surface area (Å²) in [5, 5.41) is 2.92. The summed E-state index contributed by atoms with van der Waals surface area (Å²) in [5.41, 5.74) is 3.82. The van der Waals surface area contributed by atoms with Gasteiger partial charge in [0.2, 0.25) is 0 Å². The van der Waals surface area contributed by atoms with Crippen molar-refractivity contribution in [3.05, 3.63) is 59.7 Å². The Morgan fingerprint density at radius 3 is 2.00 bits per heavy atom. The van der Waals surface area contributed by atoms with Crippen LogP contribution in [0.15, 0.2) is 48.5 Å². The van der Waals surface area contributed by atoms with Crippen LogP contribution in [0.2, 0.25) is 0 Å². The van der Waals surface area contributed by atoms with E-state index in [1.807, 2.05) is 55.4 Å². The van der Waals surface area contributed by atoms with Gasteiger partial charge in [-0.15, -0.1) is 0 Å². The molecule has 0 saturated heterocycles. The molecule has 1 amide bonds. The summed E-state index contributed by atoms with van der Waals surface area (Å²) in [4.78, 5) is 14.2. The van der Waals surface area contributed by atoms with Crippen molar-refractivity contribution >= 4 is 17.3 Å². The smallest absolute Gasteiger partial charge is 0.255 e. The molecule has 0 aliphatic heterocycles. The Bertz CT molecular complexity index is 598. The first kappa shape index (κ1) is 15.1. The Labute approximate surface area is 126 Å². The highest BCUT2D eigenvalue weighted by Crippen LogP contribution is 2.18. The van der Waals surface area contributed by atoms with Crippen molar-refractivity contribution in [1.29, 1.82) is 0 Å². The maximum atomic E-state index is 12.2. The van der Waals surface area contributed by atoms with Crippen molar-refractivity contribution in [3.8, 4) is 0 Å². The summed E-state index contributed by atoms with van der Waals surface area (Å²) in [6.45, 7) is 4.31. The van der Waals surface area contributed by atoms with E-state index in [4.69, 9.17) is 0 Å². The molecule has 0 heterocycles. The molecular formula is C18H22N2O. The first-order chi connectivity index (χ1) is 9.97. The number of anilines is 2. The van der Waals surface area contributed by atoms with Crippen molar-refractivity contribution < 1.29 is 4.79 Å². The van der Waals surface area contributed by atoms with Crippen molar-refractivity contribution in [2.75, 3.05) is 24.3 Å². The number of nitrogens with zero attached hydrogens (tertiary/aromatic N) is 1. The Kier molecular flexibility index (Phi) is 4.63. The van der Waals surface area contributed by atoms with E-state index in [-0.39, 0.29) is 5.91 Å². The third-order valence-corrected chi connectivity index (χ3v) is 3.48. The highest BCUT2D eigenvalue weighted by molar-refractivity contribution is 6.04. The Morgan fingerprint density at radius 2 is 1.52 bits per heavy atom. The lowest BCUT2D eigenvalue weighted by Crippen LogP contribution is -2.13. The van der Waals surface area contributed by atoms with Gasteiger partial charge in [0.1, 0.15) is 0 Å². The van der Waals surface area contributed by atoms with Gasteiger partial charge in [-0.2, -0.15) is 0 Å². The van der Waals surface area contributed by atoms with Gasteiger partial charge < -0.3 is 10.2 Å². The van der Waals surface area contributed by atoms with E-state index in [1.54, 1.807) is 0 Å². The van der Waals surface area contributed by atoms with Crippen LogP contribution in [0.25, 0.3) is 0 Å². The van der Waals surface area contributed by atoms with Crippen LogP contribution in [-0.4, -0.2) is 20.0 Å². The van der Waals surface area contributed by atoms with Crippen molar-refractivity contribution in [3.63, 3.8) is 0 Å². The molecule has 2 aromatic carbocycles. The molecule has 0 radical (unpaired) electrons. The summed E-state index contributed by atoms with van der Waals surface area (Å²) in [6.07, 6.45) is 0. The van der Waals surface area contributed by atoms with E-state index >= 15 is 0 Å². The lowest BCUT2D eigenvalue weighted by Gasteiger charge is -2.13. The fraction of sp³-hybridized carbons (Fsp3) is 0.278. The average molecular weight is 282 g/mol. The number of hydrogen-bond acceptors (Lipinski definition) is 2. The molecule has 2 rings (SSSR count). The molecule has 1 N–H and O–H groups in total. The molecular weight excluding hydrogens is 260 g/mol. The van der Waals surface area contributed by atoms with E-state index in [9.17, 15) is 4.79 Å². The minimum absolute atomic E-state index is 0.0856. The van der Waals surface area contributed by atoms with Gasteiger partial charge in [0, 0.05) is 31.0 Å². The second-order valence-electron chi connectivity index (χ2n) is 5.67. The molecule has 2 aromatic rings. The van der Waals surface area contributed by atoms with Gasteiger partial charge in [-0.3, -0.25) is 4.79 Å². The summed E-state index contributed by atoms with van der Waals surface area (Å²) >= 11 is 0. The molecule has 3 nitrogen and oxygen atoms in total. The summed E-state index contributed by atoms with van der Waals surface area (Å²) in [7, 11) is 3.96. The van der Waals surface area contributed by atoms with Crippen LogP contribution in [0.4, 0.5) is 11.4 Å². The lowest BCUT2D eigenvalue weighted by molar-refractivity contribution is 0.102. The van der Waals surface area contributed by atoms with E-state index < -0.39 is 0 Å². The summed E-state index contributed by atoms with van der Waals surface area (Å²) in [5.74, 6) is 0.408. The third-order valence-electron chi connectivity index (χ3n) is 3.48. The van der Waals surface area contributed by atoms with E-state index in [0.717, 1.165) is 11.4 Å². The second-order valence-corrected chi connectivity index (χ2v) is 5.67. The zero-order chi connectivity index (χ0) is 15.4. The molecule has 21 heavy (non-hydrogen) atoms. The topological polar surface area (TPSA) is 32.3 Å². The van der Waals surface area contributed by atoms with Crippen molar-refractivity contribution in [2.24, 2.45) is 0 Å². The normalized spacial score (nSPS) is 10.5. The molecule has 0 spiro atoms. The van der Waals surface area contributed by atoms with Gasteiger partial charge in [0.25, 0.3) is 5.91 Å². The van der Waals surface area contributed by atoms with Gasteiger partial charge in [0.15, 0.2) is 0 Å². The summed E-state index contributed by atoms with van der Waals surface area (Å²) < 4.78 is 0. The predicted octanol–water partition coefficient (Wildman–Crippen LogP) is 4.13. The molecule has 0 aliphatic carbocycles. The number of carbonyl (C=O) groups excluding carboxylic acids is 1. The summed E-state index contributed by atoms with van der Waals surface area (Å²) in [6, 6.07) is 15.6. The van der Waals surface area contributed by atoms with E-state index in [0.29, 0.717) is 11.5 Å². The molecule has 3 heteroatoms. The fourth-order valence-corrected chi connectivity index (χ4v) is 2.07. The maximum absolute atomic E-state index is 12.2. The number of rotatable bonds is 4. The molecule has 0 bridgehead atoms. The number of carbonyl (C=O) groups is 1. The monoisotopic (exact) mass is 282 g/mol. The molecule has 0 saturated carbocycles. The SMILES string of the molecule is CC(C)c1ccc(NC(=O)c2ccc(N(C)C)cc2)cc1. The Hall–Kier alpha value is -2.29. The van der Waals surface area contributed by atoms with Crippen LogP contribution in [-0.2, 0) is 0 Å². The maximum Gasteiger partial charge on any atom is 0.255 e. The highest BCUT2D eigenvalue weighted by atomic mass is 16.1. The average Bonchev–Trinajstić information content (AvgIpc) is 2.47. The van der Waals surface area contributed by atoms with Crippen LogP contribution >= 0.6 is 0 Å². The Balaban J connectivity index is 2.06. The second kappa shape index (κ2) is 6.44. The van der Waals surface area contributed by atoms with Gasteiger partial charge in [-0.05, 0) is 47.9 Å². The van der Waals surface area contributed by atoms with Crippen LogP contribution in [0.3, 0.4) is 0 Å². The lowest BCUT2D eigenvalue weighted by atomic mass is 10.0. The Morgan fingerprint density at radius 1 is 0.952 bits per heavy atom. The van der Waals surface area contributed by atoms with Crippen molar-refractivity contribution in [2.45, 2.75) is 19.8 Å². The third kappa shape index (κ3) is 3.85. The zero-order valence-corrected chi connectivity index (χ0v) is 13.1. The first-order valence-corrected chi connectivity index (χ1v) is 7.16. The zero-order valence-electron chi connectivity index (χ0n) is 13.1. The standard InChI is InChI=1S/C18H22N2O/c1-13(2)14-5-9-16(10-6-14)19-18(21)15-7-11-17(12-8-15)20(3)4/h5-13H,1-4H3,(H,19,21). The molecule has 0 unspecified atom stereocenters. The number of benzene rings is 2. The van der Waals surface area contributed by atoms with Gasteiger partial charge in [-0.1, -0.05) is 26.0 Å². The number of hydrogen-bond donors (Lipinski definition) is 1. The highest BCUT2D eigenvalue weighted by Gasteiger charge is 2.07. The van der Waals surface area contributed by atoms with Gasteiger partial charge >= 0.3 is 0 Å². The first-order valence-electron chi connectivity index (χ1n) is 7.16. The number of amides is 1. The molecule has 0 aliphatic rings. The minimum atomic E-state index is -0.0856. The largest absolute Gasteiger partial charge is 0.378 e. The molecule has 110 valence electrons.